The minimum atomic E-state index is 0.387. The summed E-state index contributed by atoms with van der Waals surface area (Å²) in [6, 6.07) is 5.73. The molecule has 1 aromatic rings. The van der Waals surface area contributed by atoms with E-state index in [-0.39, 0.29) is 0 Å². The first-order valence-corrected chi connectivity index (χ1v) is 6.05. The third kappa shape index (κ3) is 2.12. The van der Waals surface area contributed by atoms with Crippen LogP contribution in [0.1, 0.15) is 20.8 Å². The maximum Gasteiger partial charge on any atom is 0.0601 e. The van der Waals surface area contributed by atoms with E-state index in [1.54, 1.807) is 0 Å². The molecule has 0 atom stereocenters. The zero-order valence-electron chi connectivity index (χ0n) is 10.1. The van der Waals surface area contributed by atoms with Crippen LogP contribution in [0.15, 0.2) is 18.2 Å². The lowest BCUT2D eigenvalue weighted by atomic mass is 9.76. The van der Waals surface area contributed by atoms with Crippen molar-refractivity contribution in [2.45, 2.75) is 20.8 Å². The lowest BCUT2D eigenvalue weighted by Crippen LogP contribution is -2.52. The van der Waals surface area contributed by atoms with Gasteiger partial charge in [-0.1, -0.05) is 32.4 Å². The van der Waals surface area contributed by atoms with Crippen molar-refractivity contribution in [1.82, 2.24) is 0 Å². The van der Waals surface area contributed by atoms with Crippen LogP contribution in [0, 0.1) is 11.3 Å². The molecule has 88 valence electrons. The van der Waals surface area contributed by atoms with E-state index >= 15 is 0 Å². The Bertz CT molecular complexity index is 389. The van der Waals surface area contributed by atoms with Crippen LogP contribution in [0.3, 0.4) is 0 Å². The Labute approximate surface area is 102 Å². The van der Waals surface area contributed by atoms with Crippen LogP contribution in [0.25, 0.3) is 0 Å². The Morgan fingerprint density at radius 2 is 1.94 bits per heavy atom. The summed E-state index contributed by atoms with van der Waals surface area (Å²) in [6.07, 6.45) is 0. The summed E-state index contributed by atoms with van der Waals surface area (Å²) in [5.74, 6) is 0.752. The van der Waals surface area contributed by atoms with Crippen molar-refractivity contribution in [1.29, 1.82) is 0 Å². The predicted octanol–water partition coefficient (Wildman–Crippen LogP) is 3.40. The Morgan fingerprint density at radius 3 is 2.44 bits per heavy atom. The summed E-state index contributed by atoms with van der Waals surface area (Å²) in [7, 11) is 0. The predicted molar refractivity (Wildman–Crippen MR) is 71.0 cm³/mol. The Morgan fingerprint density at radius 1 is 1.31 bits per heavy atom. The van der Waals surface area contributed by atoms with Gasteiger partial charge in [0.1, 0.15) is 0 Å². The number of halogens is 1. The van der Waals surface area contributed by atoms with Crippen LogP contribution < -0.4 is 10.6 Å². The monoisotopic (exact) mass is 238 g/mol. The summed E-state index contributed by atoms with van der Waals surface area (Å²) in [5.41, 5.74) is 8.24. The molecule has 0 unspecified atom stereocenters. The number of nitrogens with two attached hydrogens (primary N) is 1. The van der Waals surface area contributed by atoms with Crippen molar-refractivity contribution >= 4 is 23.0 Å². The van der Waals surface area contributed by atoms with Crippen molar-refractivity contribution in [2.75, 3.05) is 23.7 Å². The highest BCUT2D eigenvalue weighted by molar-refractivity contribution is 6.31. The van der Waals surface area contributed by atoms with Crippen LogP contribution in [-0.4, -0.2) is 13.1 Å². The van der Waals surface area contributed by atoms with Crippen LogP contribution in [0.5, 0.6) is 0 Å². The van der Waals surface area contributed by atoms with Gasteiger partial charge in [-0.3, -0.25) is 0 Å². The van der Waals surface area contributed by atoms with E-state index in [0.717, 1.165) is 30.4 Å². The average molecular weight is 239 g/mol. The van der Waals surface area contributed by atoms with E-state index in [9.17, 15) is 0 Å². The molecule has 2 rings (SSSR count). The van der Waals surface area contributed by atoms with Gasteiger partial charge in [-0.15, -0.1) is 0 Å². The highest BCUT2D eigenvalue weighted by atomic mass is 35.5. The fourth-order valence-electron chi connectivity index (χ4n) is 2.04. The van der Waals surface area contributed by atoms with Crippen molar-refractivity contribution in [2.24, 2.45) is 11.3 Å². The second-order valence-corrected chi connectivity index (χ2v) is 6.11. The molecule has 3 heteroatoms. The van der Waals surface area contributed by atoms with Gasteiger partial charge in [-0.2, -0.15) is 0 Å². The Kier molecular flexibility index (Phi) is 2.79. The van der Waals surface area contributed by atoms with Crippen LogP contribution in [-0.2, 0) is 0 Å². The molecule has 2 nitrogen and oxygen atoms in total. The van der Waals surface area contributed by atoms with Gasteiger partial charge in [0.2, 0.25) is 0 Å². The first-order chi connectivity index (χ1) is 7.38. The molecule has 1 fully saturated rings. The molecule has 0 amide bonds. The molecular weight excluding hydrogens is 220 g/mol. The van der Waals surface area contributed by atoms with Gasteiger partial charge in [0.05, 0.1) is 11.4 Å². The van der Waals surface area contributed by atoms with Gasteiger partial charge in [0.25, 0.3) is 0 Å². The van der Waals surface area contributed by atoms with Gasteiger partial charge in [-0.05, 0) is 29.5 Å². The van der Waals surface area contributed by atoms with Crippen LogP contribution in [0.4, 0.5) is 11.4 Å². The molecule has 0 bridgehead atoms. The maximum absolute atomic E-state index is 5.96. The van der Waals surface area contributed by atoms with Crippen LogP contribution in [0.2, 0.25) is 5.02 Å². The molecular formula is C13H19ClN2. The highest BCUT2D eigenvalue weighted by Crippen LogP contribution is 2.38. The van der Waals surface area contributed by atoms with Crippen molar-refractivity contribution < 1.29 is 0 Å². The average Bonchev–Trinajstić information content (AvgIpc) is 2.03. The SMILES string of the molecule is CC(C)(C)C1CN(c2ccc(Cl)cc2N)C1. The third-order valence-corrected chi connectivity index (χ3v) is 3.67. The van der Waals surface area contributed by atoms with E-state index in [1.807, 2.05) is 18.2 Å². The molecule has 0 spiro atoms. The fourth-order valence-corrected chi connectivity index (χ4v) is 2.22. The van der Waals surface area contributed by atoms with Crippen molar-refractivity contribution in [3.63, 3.8) is 0 Å². The van der Waals surface area contributed by atoms with Gasteiger partial charge in [-0.25, -0.2) is 0 Å². The number of rotatable bonds is 1. The Hall–Kier alpha value is -0.890. The fraction of sp³-hybridized carbons (Fsp3) is 0.538. The molecule has 1 saturated heterocycles. The van der Waals surface area contributed by atoms with E-state index in [1.165, 1.54) is 0 Å². The minimum Gasteiger partial charge on any atom is -0.397 e. The summed E-state index contributed by atoms with van der Waals surface area (Å²) in [5, 5.41) is 0.703. The number of benzene rings is 1. The zero-order valence-corrected chi connectivity index (χ0v) is 10.9. The quantitative estimate of drug-likeness (QED) is 0.760. The highest BCUT2D eigenvalue weighted by Gasteiger charge is 2.36. The first kappa shape index (κ1) is 11.6. The molecule has 0 saturated carbocycles. The summed E-state index contributed by atoms with van der Waals surface area (Å²) in [6.45, 7) is 9.06. The molecule has 1 heterocycles. The summed E-state index contributed by atoms with van der Waals surface area (Å²) < 4.78 is 0. The molecule has 1 aromatic carbocycles. The van der Waals surface area contributed by atoms with E-state index in [2.05, 4.69) is 25.7 Å². The van der Waals surface area contributed by atoms with E-state index in [4.69, 9.17) is 17.3 Å². The minimum absolute atomic E-state index is 0.387. The number of anilines is 2. The molecule has 0 radical (unpaired) electrons. The smallest absolute Gasteiger partial charge is 0.0601 e. The summed E-state index contributed by atoms with van der Waals surface area (Å²) in [4.78, 5) is 2.32. The van der Waals surface area contributed by atoms with Gasteiger partial charge >= 0.3 is 0 Å². The zero-order chi connectivity index (χ0) is 11.9. The lowest BCUT2D eigenvalue weighted by molar-refractivity contribution is 0.195. The first-order valence-electron chi connectivity index (χ1n) is 5.68. The molecule has 1 aliphatic heterocycles. The van der Waals surface area contributed by atoms with Gasteiger partial charge in [0, 0.05) is 18.1 Å². The topological polar surface area (TPSA) is 29.3 Å². The molecule has 1 aliphatic rings. The van der Waals surface area contributed by atoms with Crippen LogP contribution >= 0.6 is 11.6 Å². The molecule has 0 aliphatic carbocycles. The largest absolute Gasteiger partial charge is 0.397 e. The number of hydrogen-bond acceptors (Lipinski definition) is 2. The number of nitrogen functional groups attached to an aromatic ring is 1. The van der Waals surface area contributed by atoms with E-state index < -0.39 is 0 Å². The molecule has 2 N–H and O–H groups in total. The summed E-state index contributed by atoms with van der Waals surface area (Å²) >= 11 is 5.89. The van der Waals surface area contributed by atoms with Crippen molar-refractivity contribution in [3.05, 3.63) is 23.2 Å². The normalized spacial score (nSPS) is 17.4. The lowest BCUT2D eigenvalue weighted by Gasteiger charge is -2.48. The van der Waals surface area contributed by atoms with Crippen molar-refractivity contribution in [3.8, 4) is 0 Å². The number of nitrogens with zero attached hydrogens (tertiary/aromatic N) is 1. The van der Waals surface area contributed by atoms with E-state index in [0.29, 0.717) is 10.4 Å². The Balaban J connectivity index is 2.07. The second-order valence-electron chi connectivity index (χ2n) is 5.67. The third-order valence-electron chi connectivity index (χ3n) is 3.44. The van der Waals surface area contributed by atoms with Gasteiger partial charge < -0.3 is 10.6 Å². The maximum atomic E-state index is 5.96. The molecule has 16 heavy (non-hydrogen) atoms. The standard InChI is InChI=1S/C13H19ClN2/c1-13(2,3)9-7-16(8-9)12-5-4-10(14)6-11(12)15/h4-6,9H,7-8,15H2,1-3H3. The van der Waals surface area contributed by atoms with Gasteiger partial charge in [0.15, 0.2) is 0 Å². The second kappa shape index (κ2) is 3.85. The molecule has 0 aromatic heterocycles. The number of hydrogen-bond donors (Lipinski definition) is 1.